The van der Waals surface area contributed by atoms with E-state index < -0.39 is 6.17 Å². The summed E-state index contributed by atoms with van der Waals surface area (Å²) in [6, 6.07) is 9.49. The summed E-state index contributed by atoms with van der Waals surface area (Å²) in [6.07, 6.45) is 1.76. The molecule has 5 nitrogen and oxygen atoms in total. The maximum atomic E-state index is 13.9. The maximum Gasteiger partial charge on any atom is 0.318 e. The van der Waals surface area contributed by atoms with Crippen molar-refractivity contribution in [2.24, 2.45) is 0 Å². The fourth-order valence-corrected chi connectivity index (χ4v) is 3.70. The zero-order valence-electron chi connectivity index (χ0n) is 13.2. The molecule has 122 valence electrons. The molecule has 2 aromatic rings. The van der Waals surface area contributed by atoms with Gasteiger partial charge in [-0.25, -0.2) is 4.39 Å². The van der Waals surface area contributed by atoms with Crippen molar-refractivity contribution in [2.45, 2.75) is 44.4 Å². The van der Waals surface area contributed by atoms with E-state index >= 15 is 0 Å². The van der Waals surface area contributed by atoms with E-state index in [0.717, 1.165) is 19.4 Å². The SMILES string of the molecule is Cc1nnc(N2C[C@@H](F)C[C@H]2CNC2Cc3ccccc3C2)o1. The topological polar surface area (TPSA) is 54.2 Å². The predicted octanol–water partition coefficient (Wildman–Crippen LogP) is 2.05. The summed E-state index contributed by atoms with van der Waals surface area (Å²) < 4.78 is 19.4. The van der Waals surface area contributed by atoms with Gasteiger partial charge in [0.05, 0.1) is 6.54 Å². The molecule has 6 heteroatoms. The van der Waals surface area contributed by atoms with Gasteiger partial charge in [-0.3, -0.25) is 0 Å². The van der Waals surface area contributed by atoms with Crippen LogP contribution in [0.2, 0.25) is 0 Å². The molecule has 2 aliphatic rings. The second kappa shape index (κ2) is 5.92. The molecule has 0 amide bonds. The van der Waals surface area contributed by atoms with E-state index in [2.05, 4.69) is 39.8 Å². The largest absolute Gasteiger partial charge is 0.408 e. The Labute approximate surface area is 134 Å². The van der Waals surface area contributed by atoms with Crippen LogP contribution in [0.15, 0.2) is 28.7 Å². The molecule has 1 aromatic carbocycles. The molecule has 0 bridgehead atoms. The quantitative estimate of drug-likeness (QED) is 0.935. The predicted molar refractivity (Wildman–Crippen MR) is 85.3 cm³/mol. The van der Waals surface area contributed by atoms with E-state index in [1.54, 1.807) is 6.92 Å². The van der Waals surface area contributed by atoms with Gasteiger partial charge in [0.2, 0.25) is 5.89 Å². The van der Waals surface area contributed by atoms with Crippen molar-refractivity contribution in [3.63, 3.8) is 0 Å². The number of alkyl halides is 1. The van der Waals surface area contributed by atoms with Gasteiger partial charge in [-0.1, -0.05) is 29.4 Å². The van der Waals surface area contributed by atoms with Gasteiger partial charge in [-0.15, -0.1) is 5.10 Å². The van der Waals surface area contributed by atoms with Crippen LogP contribution in [0.4, 0.5) is 10.4 Å². The minimum atomic E-state index is -0.838. The molecule has 1 fully saturated rings. The fraction of sp³-hybridized carbons (Fsp3) is 0.529. The summed E-state index contributed by atoms with van der Waals surface area (Å²) in [7, 11) is 0. The average molecular weight is 316 g/mol. The van der Waals surface area contributed by atoms with E-state index in [-0.39, 0.29) is 6.04 Å². The van der Waals surface area contributed by atoms with Gasteiger partial charge in [0.15, 0.2) is 0 Å². The first-order valence-electron chi connectivity index (χ1n) is 8.20. The zero-order chi connectivity index (χ0) is 15.8. The van der Waals surface area contributed by atoms with Gasteiger partial charge in [0.25, 0.3) is 0 Å². The Hall–Kier alpha value is -1.95. The highest BCUT2D eigenvalue weighted by Crippen LogP contribution is 2.27. The first-order valence-corrected chi connectivity index (χ1v) is 8.20. The van der Waals surface area contributed by atoms with E-state index in [0.29, 0.717) is 30.9 Å². The Kier molecular flexibility index (Phi) is 3.77. The van der Waals surface area contributed by atoms with Crippen molar-refractivity contribution >= 4 is 6.01 Å². The molecule has 0 spiro atoms. The molecule has 1 N–H and O–H groups in total. The number of hydrogen-bond donors (Lipinski definition) is 1. The molecule has 2 heterocycles. The van der Waals surface area contributed by atoms with Crippen molar-refractivity contribution in [1.29, 1.82) is 0 Å². The van der Waals surface area contributed by atoms with Crippen LogP contribution in [-0.4, -0.2) is 41.5 Å². The summed E-state index contributed by atoms with van der Waals surface area (Å²) in [5.74, 6) is 0.514. The maximum absolute atomic E-state index is 13.9. The van der Waals surface area contributed by atoms with E-state index in [9.17, 15) is 4.39 Å². The highest BCUT2D eigenvalue weighted by atomic mass is 19.1. The number of aromatic nitrogens is 2. The molecule has 23 heavy (non-hydrogen) atoms. The normalized spacial score (nSPS) is 24.3. The first-order chi connectivity index (χ1) is 11.2. The molecule has 0 unspecified atom stereocenters. The number of nitrogens with one attached hydrogen (secondary N) is 1. The second-order valence-electron chi connectivity index (χ2n) is 6.52. The summed E-state index contributed by atoms with van der Waals surface area (Å²) >= 11 is 0. The number of fused-ring (bicyclic) bond motifs is 1. The molecule has 1 aromatic heterocycles. The van der Waals surface area contributed by atoms with Crippen molar-refractivity contribution in [1.82, 2.24) is 15.5 Å². The Balaban J connectivity index is 1.38. The number of rotatable bonds is 4. The Bertz CT molecular complexity index is 664. The van der Waals surface area contributed by atoms with Crippen LogP contribution in [0.3, 0.4) is 0 Å². The van der Waals surface area contributed by atoms with Crippen molar-refractivity contribution in [3.05, 3.63) is 41.3 Å². The summed E-state index contributed by atoms with van der Waals surface area (Å²) in [6.45, 7) is 2.82. The third kappa shape index (κ3) is 2.95. The highest BCUT2D eigenvalue weighted by Gasteiger charge is 2.35. The van der Waals surface area contributed by atoms with E-state index in [1.807, 2.05) is 4.90 Å². The lowest BCUT2D eigenvalue weighted by atomic mass is 10.1. The van der Waals surface area contributed by atoms with E-state index in [1.165, 1.54) is 11.1 Å². The van der Waals surface area contributed by atoms with Gasteiger partial charge < -0.3 is 14.6 Å². The molecule has 0 saturated carbocycles. The number of anilines is 1. The van der Waals surface area contributed by atoms with Gasteiger partial charge in [0.1, 0.15) is 6.17 Å². The molecule has 2 atom stereocenters. The lowest BCUT2D eigenvalue weighted by Gasteiger charge is -2.24. The number of halogens is 1. The van der Waals surface area contributed by atoms with Crippen molar-refractivity contribution < 1.29 is 8.81 Å². The van der Waals surface area contributed by atoms with Crippen molar-refractivity contribution in [2.75, 3.05) is 18.0 Å². The summed E-state index contributed by atoms with van der Waals surface area (Å²) in [5.41, 5.74) is 2.84. The Morgan fingerprint density at radius 1 is 1.26 bits per heavy atom. The fourth-order valence-electron chi connectivity index (χ4n) is 3.70. The minimum Gasteiger partial charge on any atom is -0.408 e. The first kappa shape index (κ1) is 14.6. The van der Waals surface area contributed by atoms with E-state index in [4.69, 9.17) is 4.42 Å². The van der Waals surface area contributed by atoms with Crippen LogP contribution < -0.4 is 10.2 Å². The minimum absolute atomic E-state index is 0.0635. The van der Waals surface area contributed by atoms with Crippen LogP contribution in [0.5, 0.6) is 0 Å². The van der Waals surface area contributed by atoms with Crippen molar-refractivity contribution in [3.8, 4) is 0 Å². The Morgan fingerprint density at radius 2 is 2.00 bits per heavy atom. The lowest BCUT2D eigenvalue weighted by molar-refractivity contribution is 0.352. The molecule has 1 aliphatic heterocycles. The van der Waals surface area contributed by atoms with Gasteiger partial charge in [-0.2, -0.15) is 0 Å². The summed E-state index contributed by atoms with van der Waals surface area (Å²) in [4.78, 5) is 1.90. The lowest BCUT2D eigenvalue weighted by Crippen LogP contribution is -2.42. The number of aryl methyl sites for hydroxylation is 1. The Morgan fingerprint density at radius 3 is 2.65 bits per heavy atom. The number of hydrogen-bond acceptors (Lipinski definition) is 5. The monoisotopic (exact) mass is 316 g/mol. The van der Waals surface area contributed by atoms with Crippen LogP contribution in [0, 0.1) is 6.92 Å². The molecule has 1 aliphatic carbocycles. The highest BCUT2D eigenvalue weighted by molar-refractivity contribution is 5.34. The van der Waals surface area contributed by atoms with Gasteiger partial charge in [-0.05, 0) is 24.0 Å². The molecule has 1 saturated heterocycles. The molecule has 0 radical (unpaired) electrons. The molecule has 4 rings (SSSR count). The third-order valence-electron chi connectivity index (χ3n) is 4.82. The molecular weight excluding hydrogens is 295 g/mol. The standard InChI is InChI=1S/C17H21FN4O/c1-11-20-21-17(23-11)22-10-14(18)8-16(22)9-19-15-6-12-4-2-3-5-13(12)7-15/h2-5,14-16,19H,6-10H2,1H3/t14-,16-/m0/s1. The third-order valence-corrected chi connectivity index (χ3v) is 4.82. The van der Waals surface area contributed by atoms with Gasteiger partial charge in [0, 0.05) is 32.0 Å². The number of nitrogens with zero attached hydrogens (tertiary/aromatic N) is 3. The molecular formula is C17H21FN4O. The summed E-state index contributed by atoms with van der Waals surface area (Å²) in [5, 5.41) is 11.5. The zero-order valence-corrected chi connectivity index (χ0v) is 13.2. The van der Waals surface area contributed by atoms with Crippen LogP contribution in [-0.2, 0) is 12.8 Å². The van der Waals surface area contributed by atoms with Gasteiger partial charge >= 0.3 is 6.01 Å². The van der Waals surface area contributed by atoms with Crippen LogP contribution >= 0.6 is 0 Å². The number of benzene rings is 1. The van der Waals surface area contributed by atoms with Crippen LogP contribution in [0.1, 0.15) is 23.4 Å². The smallest absolute Gasteiger partial charge is 0.318 e. The second-order valence-corrected chi connectivity index (χ2v) is 6.52. The van der Waals surface area contributed by atoms with Crippen LogP contribution in [0.25, 0.3) is 0 Å². The average Bonchev–Trinajstić information content (AvgIpc) is 3.22.